The van der Waals surface area contributed by atoms with Crippen LogP contribution in [0.25, 0.3) is 87.6 Å². The Morgan fingerprint density at radius 3 is 1.26 bits per heavy atom. The standard InChI is InChI=1S/C17H13N3.2C10H6FNO2.C10H8N2O2.C9H11N3O3.2C7H6N2.C6H6N2O3.C5H13N.C2H6.CH3NO2.CH3O.CH4.CH3.K.Pd/c18-15-5-6-17(14-4-2-1-3-13(14)15)20-10-8-12-11-19-9-7-16(12)20;3*11-9-5-6-10(12(13)14)8-4-2-1-3-7(8)9;1-10(2)5-3-8-7-11(13)6-4-9(8)12(14)15;2*1-4-9-7-2-3-8-5-6(1)7;1-5-4-7(9)3-2-6(5)8(10)11;1-5(2)6(3)4;1-2;1-4-2-3;1-2;;;;/h1-11H,18H2;2*1-6H;1-6H,11H2;3-7H,1-2H3;2*1-5,9H;2-4H,1H3;5H,1-4H3;1-2H3;1H3;1H3;1H4;1H3;;/q;;;;;;;;;;;-1;;-1;+1;/b;;;;5-3+;;;;;;;;;;;. The van der Waals surface area contributed by atoms with E-state index in [2.05, 4.69) is 97.6 Å². The Kier molecular flexibility index (Phi) is 49.0. The van der Waals surface area contributed by atoms with Crippen LogP contribution in [-0.2, 0) is 25.3 Å². The van der Waals surface area contributed by atoms with Crippen LogP contribution in [0.4, 0.5) is 48.6 Å². The number of hydrogen-bond donors (Lipinski definition) is 4. The molecule has 33 nitrogen and oxygen atoms in total. The van der Waals surface area contributed by atoms with Gasteiger partial charge in [-0.05, 0) is 132 Å². The first-order valence-corrected chi connectivity index (χ1v) is 36.0. The third-order valence-electron chi connectivity index (χ3n) is 16.7. The number of aromatic nitrogens is 8. The Labute approximate surface area is 769 Å². The van der Waals surface area contributed by atoms with E-state index >= 15 is 0 Å². The fourth-order valence-electron chi connectivity index (χ4n) is 10.6. The number of benzene rings is 8. The van der Waals surface area contributed by atoms with Gasteiger partial charge in [0.15, 0.2) is 30.1 Å². The first-order chi connectivity index (χ1) is 57.5. The van der Waals surface area contributed by atoms with Gasteiger partial charge < -0.3 is 63.6 Å². The molecule has 16 aromatic rings. The zero-order valence-electron chi connectivity index (χ0n) is 69.3. The van der Waals surface area contributed by atoms with Gasteiger partial charge in [0.05, 0.1) is 69.7 Å². The topological polar surface area (TPSA) is 465 Å². The normalized spacial score (nSPS) is 9.71. The van der Waals surface area contributed by atoms with Gasteiger partial charge in [-0.25, -0.2) is 8.78 Å². The summed E-state index contributed by atoms with van der Waals surface area (Å²) < 4.78 is 29.7. The average Bonchev–Trinajstić information content (AvgIpc) is 1.57. The number of nitro benzene ring substituents is 3. The predicted molar refractivity (Wildman–Crippen MR) is 475 cm³/mol. The number of aryl methyl sites for hydroxylation is 1. The van der Waals surface area contributed by atoms with Crippen molar-refractivity contribution in [3.8, 4) is 5.69 Å². The van der Waals surface area contributed by atoms with Crippen LogP contribution in [-0.4, -0.2) is 112 Å². The number of nitrogens with two attached hydrogens (primary N) is 2. The number of non-ortho nitro benzene ring substituents is 3. The van der Waals surface area contributed by atoms with E-state index in [4.69, 9.17) is 21.5 Å². The Hall–Kier alpha value is -13.6. The van der Waals surface area contributed by atoms with Gasteiger partial charge in [0.25, 0.3) is 28.4 Å². The van der Waals surface area contributed by atoms with Crippen LogP contribution in [0.15, 0.2) is 286 Å². The van der Waals surface area contributed by atoms with E-state index in [0.29, 0.717) is 42.9 Å². The van der Waals surface area contributed by atoms with E-state index < -0.39 is 36.3 Å². The third-order valence-corrected chi connectivity index (χ3v) is 16.7. The van der Waals surface area contributed by atoms with Crippen molar-refractivity contribution in [3.05, 3.63) is 377 Å². The molecule has 6 N–H and O–H groups in total. The monoisotopic (exact) mass is 1810 g/mol. The number of halogens is 2. The zero-order chi connectivity index (χ0) is 88.5. The second kappa shape index (κ2) is 56.1. The number of rotatable bonds is 10. The molecule has 8 heterocycles. The Balaban J connectivity index is 0.000000696. The molecule has 648 valence electrons. The SMILES string of the molecule is C.CC.CC(C)N(C)C.CN(C)/C=C/c1c[n+]([O-])ccc1[N+](=O)[O-].CON=O.C[O-].Cc1c[n+]([O-])ccc1[N+](=O)[O-].Nc1ccc(-n2ccc3cnccc32)c2ccccc12.Nc1ccc([N+](=O)[O-])c2ccccc12.O=[N+]([O-])c1ccc(F)c2ccccc12.O=[N+]([O-])c1ccc(F)c2ccccc12.[CH3-].[K+].[Pd].c1cc2[nH]ccc2cn1.c1cc2[nH]ccc2cn1. The molecule has 0 aliphatic carbocycles. The number of nitrogens with one attached hydrogen (secondary N) is 2. The summed E-state index contributed by atoms with van der Waals surface area (Å²) in [6, 6.07) is 54.6. The number of nitrogen functional groups attached to an aromatic ring is 2. The molecule has 0 saturated heterocycles. The van der Waals surface area contributed by atoms with Crippen LogP contribution in [0.5, 0.6) is 0 Å². The van der Waals surface area contributed by atoms with E-state index in [1.807, 2.05) is 111 Å². The van der Waals surface area contributed by atoms with Crippen molar-refractivity contribution in [2.75, 3.05) is 53.9 Å². The summed E-state index contributed by atoms with van der Waals surface area (Å²) >= 11 is 0. The van der Waals surface area contributed by atoms with Crippen LogP contribution in [0, 0.1) is 91.9 Å². The minimum atomic E-state index is -0.519. The molecular formula is C87H94F2KN18O15Pd-. The molecule has 0 spiro atoms. The van der Waals surface area contributed by atoms with Gasteiger partial charge in [0, 0.05) is 180 Å². The number of anilines is 2. The van der Waals surface area contributed by atoms with Crippen molar-refractivity contribution in [3.63, 3.8) is 0 Å². The molecular weight excluding hydrogens is 1720 g/mol. The predicted octanol–water partition coefficient (Wildman–Crippen LogP) is 15.6. The van der Waals surface area contributed by atoms with Gasteiger partial charge >= 0.3 is 51.4 Å². The molecule has 124 heavy (non-hydrogen) atoms. The van der Waals surface area contributed by atoms with E-state index in [9.17, 15) is 69.8 Å². The van der Waals surface area contributed by atoms with Crippen LogP contribution in [0.3, 0.4) is 0 Å². The molecule has 0 fully saturated rings. The molecule has 0 radical (unpaired) electrons. The van der Waals surface area contributed by atoms with Crippen LogP contribution in [0.1, 0.15) is 46.2 Å². The van der Waals surface area contributed by atoms with Gasteiger partial charge in [-0.15, -0.1) is 4.91 Å². The number of hydrogen-bond acceptors (Lipinski definition) is 23. The molecule has 0 amide bonds. The van der Waals surface area contributed by atoms with Crippen molar-refractivity contribution < 1.29 is 125 Å². The Morgan fingerprint density at radius 2 is 0.863 bits per heavy atom. The number of nitro groups is 5. The maximum Gasteiger partial charge on any atom is 1.00 e. The molecule has 0 bridgehead atoms. The molecule has 0 unspecified atom stereocenters. The number of pyridine rings is 5. The summed E-state index contributed by atoms with van der Waals surface area (Å²) in [4.78, 5) is 84.8. The summed E-state index contributed by atoms with van der Waals surface area (Å²) in [7, 11) is 9.68. The van der Waals surface area contributed by atoms with Gasteiger partial charge in [0.1, 0.15) is 24.3 Å². The van der Waals surface area contributed by atoms with Crippen LogP contribution < -0.4 is 77.4 Å². The molecule has 0 aliphatic rings. The largest absolute Gasteiger partial charge is 1.00 e. The number of aromatic amines is 2. The summed E-state index contributed by atoms with van der Waals surface area (Å²) in [5, 5.41) is 92.7. The van der Waals surface area contributed by atoms with Gasteiger partial charge in [-0.3, -0.25) is 65.5 Å². The minimum Gasteiger partial charge on any atom is -0.857 e. The molecule has 8 aromatic heterocycles. The van der Waals surface area contributed by atoms with Crippen molar-refractivity contribution in [2.45, 2.75) is 48.1 Å². The summed E-state index contributed by atoms with van der Waals surface area (Å²) in [6.07, 6.45) is 24.5. The van der Waals surface area contributed by atoms with E-state index in [1.54, 1.807) is 86.1 Å². The van der Waals surface area contributed by atoms with E-state index in [0.717, 1.165) is 104 Å². The fourth-order valence-corrected chi connectivity index (χ4v) is 10.6. The average molecular weight is 1820 g/mol. The Bertz CT molecular complexity index is 5750. The molecule has 8 aromatic carbocycles. The minimum absolute atomic E-state index is 0. The summed E-state index contributed by atoms with van der Waals surface area (Å²) in [5.41, 5.74) is 18.2. The molecule has 16 rings (SSSR count). The van der Waals surface area contributed by atoms with Crippen LogP contribution >= 0.6 is 0 Å². The third kappa shape index (κ3) is 32.4. The quantitative estimate of drug-likeness (QED) is 0.0144. The van der Waals surface area contributed by atoms with E-state index in [-0.39, 0.29) is 131 Å². The maximum absolute atomic E-state index is 13.2. The maximum atomic E-state index is 13.2. The first-order valence-electron chi connectivity index (χ1n) is 36.0. The van der Waals surface area contributed by atoms with E-state index in [1.165, 1.54) is 74.7 Å². The number of fused-ring (bicyclic) bond motifs is 7. The van der Waals surface area contributed by atoms with Gasteiger partial charge in [0.2, 0.25) is 0 Å². The van der Waals surface area contributed by atoms with Gasteiger partial charge in [-0.2, -0.15) is 16.6 Å². The van der Waals surface area contributed by atoms with Crippen molar-refractivity contribution in [2.24, 2.45) is 5.34 Å². The van der Waals surface area contributed by atoms with Crippen molar-refractivity contribution in [1.29, 1.82) is 0 Å². The number of nitrogens with zero attached hydrogens (tertiary/aromatic N) is 14. The van der Waals surface area contributed by atoms with Crippen molar-refractivity contribution in [1.82, 2.24) is 39.3 Å². The Morgan fingerprint density at radius 1 is 0.508 bits per heavy atom. The first kappa shape index (κ1) is 108. The molecule has 0 saturated carbocycles. The molecule has 37 heteroatoms. The molecule has 0 aliphatic heterocycles. The summed E-state index contributed by atoms with van der Waals surface area (Å²) in [5.74, 6) is -0.877. The smallest absolute Gasteiger partial charge is 0.857 e. The van der Waals surface area contributed by atoms with Gasteiger partial charge in [-0.1, -0.05) is 100 Å². The second-order valence-electron chi connectivity index (χ2n) is 25.1. The van der Waals surface area contributed by atoms with Crippen LogP contribution in [0.2, 0.25) is 0 Å². The molecule has 0 atom stereocenters. The second-order valence-corrected chi connectivity index (χ2v) is 25.1. The fraction of sp³-hybridized carbons (Fsp3) is 0.149. The van der Waals surface area contributed by atoms with Crippen molar-refractivity contribution >= 4 is 122 Å². The number of H-pyrrole nitrogens is 2. The summed E-state index contributed by atoms with van der Waals surface area (Å²) in [6.45, 7) is 9.85. The zero-order valence-corrected chi connectivity index (χ0v) is 74.0.